The van der Waals surface area contributed by atoms with E-state index in [1.807, 2.05) is 69.4 Å². The highest BCUT2D eigenvalue weighted by Crippen LogP contribution is 2.40. The Kier molecular flexibility index (Phi) is 6.23. The molecule has 0 amide bonds. The Morgan fingerprint density at radius 1 is 1.13 bits per heavy atom. The van der Waals surface area contributed by atoms with Gasteiger partial charge in [0.2, 0.25) is 6.79 Å². The minimum Gasteiger partial charge on any atom is -0.463 e. The average molecular weight is 542 g/mol. The van der Waals surface area contributed by atoms with E-state index in [4.69, 9.17) is 19.2 Å². The van der Waals surface area contributed by atoms with Crippen molar-refractivity contribution in [3.05, 3.63) is 108 Å². The first kappa shape index (κ1) is 24.9. The Balaban J connectivity index is 1.66. The van der Waals surface area contributed by atoms with E-state index in [1.54, 1.807) is 17.6 Å². The summed E-state index contributed by atoms with van der Waals surface area (Å²) in [6.07, 6.45) is 1.90. The lowest BCUT2D eigenvalue weighted by molar-refractivity contribution is -0.138. The maximum atomic E-state index is 14.1. The molecule has 2 aliphatic heterocycles. The van der Waals surface area contributed by atoms with Crippen LogP contribution in [0.25, 0.3) is 11.8 Å². The first-order chi connectivity index (χ1) is 18.9. The van der Waals surface area contributed by atoms with E-state index < -0.39 is 12.0 Å². The first-order valence-corrected chi connectivity index (χ1v) is 13.5. The molecule has 0 spiro atoms. The van der Waals surface area contributed by atoms with Gasteiger partial charge in [-0.2, -0.15) is 0 Å². The zero-order valence-corrected chi connectivity index (χ0v) is 22.9. The molecule has 0 fully saturated rings. The van der Waals surface area contributed by atoms with Crippen molar-refractivity contribution in [1.29, 1.82) is 0 Å². The number of carbonyl (C=O) groups is 1. The molecular weight excluding hydrogens is 514 g/mol. The van der Waals surface area contributed by atoms with Gasteiger partial charge in [0.15, 0.2) is 16.3 Å². The molecule has 4 aromatic rings. The van der Waals surface area contributed by atoms with E-state index in [1.165, 1.54) is 11.3 Å². The molecule has 0 unspecified atom stereocenters. The van der Waals surface area contributed by atoms with Crippen molar-refractivity contribution < 1.29 is 19.0 Å². The second kappa shape index (κ2) is 9.74. The van der Waals surface area contributed by atoms with Crippen LogP contribution in [-0.2, 0) is 16.6 Å². The zero-order chi connectivity index (χ0) is 27.3. The van der Waals surface area contributed by atoms with Crippen LogP contribution in [0.2, 0.25) is 0 Å². The van der Waals surface area contributed by atoms with Crippen LogP contribution < -0.4 is 24.4 Å². The Bertz CT molecular complexity index is 1830. The molecule has 2 aliphatic rings. The fourth-order valence-electron chi connectivity index (χ4n) is 5.01. The monoisotopic (exact) mass is 541 g/mol. The summed E-state index contributed by atoms with van der Waals surface area (Å²) in [5.74, 6) is 0.657. The number of aryl methyl sites for hydroxylation is 1. The van der Waals surface area contributed by atoms with Gasteiger partial charge in [-0.05, 0) is 56.2 Å². The average Bonchev–Trinajstić information content (AvgIpc) is 3.61. The molecule has 0 bridgehead atoms. The number of ether oxygens (including phenoxy) is 3. The van der Waals surface area contributed by atoms with E-state index in [0.717, 1.165) is 22.5 Å². The summed E-state index contributed by atoms with van der Waals surface area (Å²) in [5.41, 5.74) is 5.14. The van der Waals surface area contributed by atoms with Gasteiger partial charge < -0.3 is 18.8 Å². The van der Waals surface area contributed by atoms with Crippen LogP contribution in [0.3, 0.4) is 0 Å². The van der Waals surface area contributed by atoms with Gasteiger partial charge in [0, 0.05) is 24.0 Å². The highest BCUT2D eigenvalue weighted by molar-refractivity contribution is 7.07. The van der Waals surface area contributed by atoms with Gasteiger partial charge in [0.05, 0.1) is 28.5 Å². The van der Waals surface area contributed by atoms with Crippen molar-refractivity contribution >= 4 is 29.1 Å². The molecule has 1 atom stereocenters. The largest absolute Gasteiger partial charge is 0.463 e. The molecule has 0 N–H and O–H groups in total. The van der Waals surface area contributed by atoms with Crippen LogP contribution in [0, 0.1) is 13.8 Å². The van der Waals surface area contributed by atoms with Gasteiger partial charge in [0.1, 0.15) is 0 Å². The van der Waals surface area contributed by atoms with Gasteiger partial charge in [-0.15, -0.1) is 0 Å². The van der Waals surface area contributed by atoms with E-state index in [-0.39, 0.29) is 19.0 Å². The number of fused-ring (bicyclic) bond motifs is 2. The maximum Gasteiger partial charge on any atom is 0.338 e. The third-order valence-corrected chi connectivity index (χ3v) is 8.17. The zero-order valence-electron chi connectivity index (χ0n) is 22.1. The van der Waals surface area contributed by atoms with Gasteiger partial charge in [-0.25, -0.2) is 9.79 Å². The number of benzene rings is 2. The van der Waals surface area contributed by atoms with Gasteiger partial charge in [-0.3, -0.25) is 9.36 Å². The summed E-state index contributed by atoms with van der Waals surface area (Å²) in [4.78, 5) is 33.0. The Morgan fingerprint density at radius 3 is 2.62 bits per heavy atom. The summed E-state index contributed by atoms with van der Waals surface area (Å²) in [7, 11) is 2.00. The van der Waals surface area contributed by atoms with Crippen LogP contribution in [0.5, 0.6) is 11.5 Å². The fraction of sp³-hybridized carbons (Fsp3) is 0.233. The highest BCUT2D eigenvalue weighted by Gasteiger charge is 2.36. The minimum atomic E-state index is -0.772. The SMILES string of the molecule is CCOC(=O)C1=C(c2ccccc2)N=c2s/c(=C/c3cc(C)n(C)c3C)c(=O)n2[C@H]1c1ccc2c(c1)OCO2. The summed E-state index contributed by atoms with van der Waals surface area (Å²) in [5, 5.41) is 0. The van der Waals surface area contributed by atoms with Gasteiger partial charge in [-0.1, -0.05) is 47.7 Å². The van der Waals surface area contributed by atoms with Crippen LogP contribution in [0.15, 0.2) is 70.0 Å². The summed E-state index contributed by atoms with van der Waals surface area (Å²) < 4.78 is 20.9. The lowest BCUT2D eigenvalue weighted by Crippen LogP contribution is -2.40. The summed E-state index contributed by atoms with van der Waals surface area (Å²) >= 11 is 1.31. The number of nitrogens with zero attached hydrogens (tertiary/aromatic N) is 3. The van der Waals surface area contributed by atoms with E-state index >= 15 is 0 Å². The van der Waals surface area contributed by atoms with E-state index in [0.29, 0.717) is 37.7 Å². The Morgan fingerprint density at radius 2 is 1.90 bits per heavy atom. The van der Waals surface area contributed by atoms with E-state index in [2.05, 4.69) is 10.6 Å². The second-order valence-corrected chi connectivity index (χ2v) is 10.4. The fourth-order valence-corrected chi connectivity index (χ4v) is 6.00. The van der Waals surface area contributed by atoms with Crippen LogP contribution in [0.1, 0.15) is 41.0 Å². The van der Waals surface area contributed by atoms with Crippen molar-refractivity contribution in [2.24, 2.45) is 12.0 Å². The summed E-state index contributed by atoms with van der Waals surface area (Å²) in [6.45, 7) is 6.12. The molecule has 0 aliphatic carbocycles. The number of aromatic nitrogens is 2. The molecular formula is C30H27N3O5S. The number of carbonyl (C=O) groups excluding carboxylic acids is 1. The second-order valence-electron chi connectivity index (χ2n) is 9.43. The molecule has 0 saturated carbocycles. The molecule has 4 heterocycles. The molecule has 6 rings (SSSR count). The van der Waals surface area contributed by atoms with Crippen molar-refractivity contribution in [2.45, 2.75) is 26.8 Å². The Hall–Kier alpha value is -4.37. The normalized spacial score (nSPS) is 16.3. The van der Waals surface area contributed by atoms with Crippen molar-refractivity contribution in [3.8, 4) is 11.5 Å². The number of hydrogen-bond donors (Lipinski definition) is 0. The predicted octanol–water partition coefficient (Wildman–Crippen LogP) is 3.62. The topological polar surface area (TPSA) is 84.1 Å². The smallest absolute Gasteiger partial charge is 0.338 e. The minimum absolute atomic E-state index is 0.118. The standard InChI is InChI=1S/C30H27N3O5S/c1-5-36-29(35)25-26(19-9-7-6-8-10-19)31-30-33(27(25)20-11-12-22-23(14-20)38-16-37-22)28(34)24(39-30)15-21-13-17(2)32(4)18(21)3/h6-15,27H,5,16H2,1-4H3/b24-15+/t27-/m0/s1. The molecule has 8 nitrogen and oxygen atoms in total. The van der Waals surface area contributed by atoms with Crippen molar-refractivity contribution in [1.82, 2.24) is 9.13 Å². The van der Waals surface area contributed by atoms with Gasteiger partial charge >= 0.3 is 5.97 Å². The molecule has 0 radical (unpaired) electrons. The van der Waals surface area contributed by atoms with Crippen molar-refractivity contribution in [2.75, 3.05) is 13.4 Å². The third-order valence-electron chi connectivity index (χ3n) is 7.19. The van der Waals surface area contributed by atoms with Crippen LogP contribution >= 0.6 is 11.3 Å². The van der Waals surface area contributed by atoms with E-state index in [9.17, 15) is 9.59 Å². The lowest BCUT2D eigenvalue weighted by Gasteiger charge is -2.26. The quantitative estimate of drug-likeness (QED) is 0.361. The highest BCUT2D eigenvalue weighted by atomic mass is 32.1. The first-order valence-electron chi connectivity index (χ1n) is 12.7. The number of esters is 1. The number of hydrogen-bond acceptors (Lipinski definition) is 7. The maximum absolute atomic E-state index is 14.1. The molecule has 39 heavy (non-hydrogen) atoms. The molecule has 2 aromatic carbocycles. The predicted molar refractivity (Wildman–Crippen MR) is 149 cm³/mol. The molecule has 2 aromatic heterocycles. The molecule has 9 heteroatoms. The van der Waals surface area contributed by atoms with Gasteiger partial charge in [0.25, 0.3) is 5.56 Å². The molecule has 198 valence electrons. The van der Waals surface area contributed by atoms with Crippen LogP contribution in [0.4, 0.5) is 0 Å². The van der Waals surface area contributed by atoms with Crippen LogP contribution in [-0.4, -0.2) is 28.5 Å². The number of rotatable bonds is 5. The molecule has 0 saturated heterocycles. The Labute approximate surface area is 228 Å². The summed E-state index contributed by atoms with van der Waals surface area (Å²) in [6, 6.07) is 16.3. The van der Waals surface area contributed by atoms with Crippen molar-refractivity contribution in [3.63, 3.8) is 0 Å². The number of thiazole rings is 1. The lowest BCUT2D eigenvalue weighted by atomic mass is 9.93. The third kappa shape index (κ3) is 4.19.